The molecule has 1 rings (SSSR count). The second-order valence-corrected chi connectivity index (χ2v) is 4.14. The molecule has 1 atom stereocenters. The van der Waals surface area contributed by atoms with Crippen LogP contribution in [0.15, 0.2) is 29.4 Å². The molecule has 0 saturated heterocycles. The van der Waals surface area contributed by atoms with E-state index in [2.05, 4.69) is 9.68 Å². The van der Waals surface area contributed by atoms with Crippen LogP contribution >= 0.6 is 8.25 Å². The Labute approximate surface area is 110 Å². The topological polar surface area (TPSA) is 142 Å². The molecule has 5 N–H and O–H groups in total. The van der Waals surface area contributed by atoms with Crippen molar-refractivity contribution in [3.8, 4) is 0 Å². The first-order valence-electron chi connectivity index (χ1n) is 4.99. The van der Waals surface area contributed by atoms with Gasteiger partial charge in [-0.3, -0.25) is 4.57 Å². The van der Waals surface area contributed by atoms with Crippen LogP contribution in [0.3, 0.4) is 0 Å². The van der Waals surface area contributed by atoms with Gasteiger partial charge in [-0.05, 0) is 19.1 Å². The molecular formula is C10H15N2O6P. The monoisotopic (exact) mass is 290 g/mol. The summed E-state index contributed by atoms with van der Waals surface area (Å²) in [4.78, 5) is 18.3. The first-order chi connectivity index (χ1) is 8.86. The average molecular weight is 290 g/mol. The minimum absolute atomic E-state index is 0.234. The van der Waals surface area contributed by atoms with Crippen molar-refractivity contribution in [2.45, 2.75) is 6.92 Å². The van der Waals surface area contributed by atoms with E-state index < -0.39 is 14.2 Å². The summed E-state index contributed by atoms with van der Waals surface area (Å²) >= 11 is 0. The SMILES string of the molecule is Cc1ccc(C(=O)O)cc1.NC(CO[PH](=O)O)=NO. The molecule has 8 nitrogen and oxygen atoms in total. The Morgan fingerprint density at radius 1 is 1.42 bits per heavy atom. The number of oxime groups is 1. The molecule has 0 fully saturated rings. The minimum Gasteiger partial charge on any atom is -0.478 e. The second-order valence-electron chi connectivity index (χ2n) is 3.32. The standard InChI is InChI=1S/C8H8O2.C2H7N2O4P/c1-6-2-4-7(5-3-6)8(9)10;3-2(4-5)1-8-9(6)7/h2-5H,1H3,(H,9,10);5,9H,1H2,(H2,3,4)(H,6,7). The summed E-state index contributed by atoms with van der Waals surface area (Å²) < 4.78 is 13.9. The van der Waals surface area contributed by atoms with E-state index in [1.54, 1.807) is 24.3 Å². The van der Waals surface area contributed by atoms with Gasteiger partial charge in [-0.2, -0.15) is 0 Å². The molecule has 9 heteroatoms. The van der Waals surface area contributed by atoms with E-state index in [1.165, 1.54) is 0 Å². The van der Waals surface area contributed by atoms with Crippen molar-refractivity contribution in [3.05, 3.63) is 35.4 Å². The Morgan fingerprint density at radius 3 is 2.32 bits per heavy atom. The third kappa shape index (κ3) is 8.78. The zero-order valence-electron chi connectivity index (χ0n) is 10.1. The van der Waals surface area contributed by atoms with E-state index in [0.717, 1.165) is 5.56 Å². The molecule has 0 spiro atoms. The van der Waals surface area contributed by atoms with Crippen molar-refractivity contribution in [1.82, 2.24) is 0 Å². The summed E-state index contributed by atoms with van der Waals surface area (Å²) in [6, 6.07) is 6.75. The summed E-state index contributed by atoms with van der Waals surface area (Å²) in [5.74, 6) is -1.11. The molecule has 1 unspecified atom stereocenters. The second kappa shape index (κ2) is 9.09. The zero-order chi connectivity index (χ0) is 14.8. The number of aryl methyl sites for hydroxylation is 1. The number of rotatable bonds is 4. The lowest BCUT2D eigenvalue weighted by molar-refractivity contribution is 0.0697. The Morgan fingerprint density at radius 2 is 1.95 bits per heavy atom. The van der Waals surface area contributed by atoms with Crippen molar-refractivity contribution in [1.29, 1.82) is 0 Å². The van der Waals surface area contributed by atoms with Gasteiger partial charge >= 0.3 is 14.2 Å². The number of carbonyl (C=O) groups is 1. The van der Waals surface area contributed by atoms with Gasteiger partial charge in [0.1, 0.15) is 6.61 Å². The van der Waals surface area contributed by atoms with E-state index in [9.17, 15) is 9.36 Å². The smallest absolute Gasteiger partial charge is 0.335 e. The van der Waals surface area contributed by atoms with Crippen molar-refractivity contribution in [2.75, 3.05) is 6.61 Å². The quantitative estimate of drug-likeness (QED) is 0.211. The maximum atomic E-state index is 10.3. The number of nitrogens with two attached hydrogens (primary N) is 1. The van der Waals surface area contributed by atoms with Gasteiger partial charge in [0.2, 0.25) is 0 Å². The number of amidine groups is 1. The Hall–Kier alpha value is -1.89. The lowest BCUT2D eigenvalue weighted by Crippen LogP contribution is -2.16. The van der Waals surface area contributed by atoms with E-state index in [1.807, 2.05) is 6.92 Å². The van der Waals surface area contributed by atoms with Gasteiger partial charge in [-0.25, -0.2) is 4.79 Å². The molecule has 0 aliphatic carbocycles. The molecule has 106 valence electrons. The van der Waals surface area contributed by atoms with Crippen molar-refractivity contribution in [3.63, 3.8) is 0 Å². The van der Waals surface area contributed by atoms with Crippen LogP contribution < -0.4 is 5.73 Å². The molecule has 0 amide bonds. The summed E-state index contributed by atoms with van der Waals surface area (Å²) in [6.45, 7) is 1.59. The molecule has 0 saturated carbocycles. The summed E-state index contributed by atoms with van der Waals surface area (Å²) in [7, 11) is -2.96. The normalized spacial score (nSPS) is 12.2. The van der Waals surface area contributed by atoms with Crippen LogP contribution in [0.25, 0.3) is 0 Å². The van der Waals surface area contributed by atoms with Crippen molar-refractivity contribution < 1.29 is 29.1 Å². The van der Waals surface area contributed by atoms with Crippen molar-refractivity contribution >= 4 is 20.1 Å². The third-order valence-corrected chi connectivity index (χ3v) is 2.16. The number of carboxylic acids is 1. The number of carboxylic acid groups (broad SMARTS) is 1. The van der Waals surface area contributed by atoms with Crippen LogP contribution in [-0.2, 0) is 9.09 Å². The maximum absolute atomic E-state index is 10.3. The van der Waals surface area contributed by atoms with Gasteiger partial charge < -0.3 is 25.5 Å². The van der Waals surface area contributed by atoms with E-state index in [4.69, 9.17) is 20.9 Å². The molecule has 0 heterocycles. The van der Waals surface area contributed by atoms with Crippen LogP contribution in [0.4, 0.5) is 0 Å². The molecule has 0 aromatic heterocycles. The predicted molar refractivity (Wildman–Crippen MR) is 68.7 cm³/mol. The van der Waals surface area contributed by atoms with Crippen LogP contribution in [-0.4, -0.2) is 33.6 Å². The number of benzene rings is 1. The molecule has 19 heavy (non-hydrogen) atoms. The van der Waals surface area contributed by atoms with Crippen LogP contribution in [0.1, 0.15) is 15.9 Å². The Bertz CT molecular complexity index is 460. The molecular weight excluding hydrogens is 275 g/mol. The van der Waals surface area contributed by atoms with Gasteiger partial charge in [-0.15, -0.1) is 0 Å². The minimum atomic E-state index is -2.96. The van der Waals surface area contributed by atoms with Crippen LogP contribution in [0.5, 0.6) is 0 Å². The van der Waals surface area contributed by atoms with E-state index in [0.29, 0.717) is 5.56 Å². The fraction of sp³-hybridized carbons (Fsp3) is 0.200. The fourth-order valence-corrected chi connectivity index (χ4v) is 1.13. The first kappa shape index (κ1) is 17.1. The molecule has 0 bridgehead atoms. The molecule has 1 aromatic carbocycles. The number of hydrogen-bond acceptors (Lipinski definition) is 5. The molecule has 0 radical (unpaired) electrons. The van der Waals surface area contributed by atoms with Gasteiger partial charge in [-0.1, -0.05) is 22.9 Å². The highest BCUT2D eigenvalue weighted by atomic mass is 31.1. The van der Waals surface area contributed by atoms with Gasteiger partial charge in [0.15, 0.2) is 5.84 Å². The average Bonchev–Trinajstić information content (AvgIpc) is 2.37. The maximum Gasteiger partial charge on any atom is 0.335 e. The molecule has 0 aliphatic heterocycles. The lowest BCUT2D eigenvalue weighted by Gasteiger charge is -1.94. The first-order valence-corrected chi connectivity index (χ1v) is 6.25. The lowest BCUT2D eigenvalue weighted by atomic mass is 10.2. The van der Waals surface area contributed by atoms with Crippen LogP contribution in [0.2, 0.25) is 0 Å². The number of aromatic carboxylic acids is 1. The largest absolute Gasteiger partial charge is 0.478 e. The van der Waals surface area contributed by atoms with E-state index in [-0.39, 0.29) is 12.4 Å². The van der Waals surface area contributed by atoms with Crippen molar-refractivity contribution in [2.24, 2.45) is 10.9 Å². The fourth-order valence-electron chi connectivity index (χ4n) is 0.861. The Kier molecular flexibility index (Phi) is 8.19. The predicted octanol–water partition coefficient (Wildman–Crippen LogP) is 0.825. The highest BCUT2D eigenvalue weighted by Gasteiger charge is 1.98. The van der Waals surface area contributed by atoms with E-state index >= 15 is 0 Å². The Balaban J connectivity index is 0.000000344. The van der Waals surface area contributed by atoms with Crippen LogP contribution in [0, 0.1) is 6.92 Å². The van der Waals surface area contributed by atoms with Gasteiger partial charge in [0, 0.05) is 0 Å². The molecule has 0 aliphatic rings. The van der Waals surface area contributed by atoms with Gasteiger partial charge in [0.05, 0.1) is 5.56 Å². The third-order valence-electron chi connectivity index (χ3n) is 1.77. The summed E-state index contributed by atoms with van der Waals surface area (Å²) in [5, 5.41) is 18.8. The summed E-state index contributed by atoms with van der Waals surface area (Å²) in [6.07, 6.45) is 0. The number of nitrogens with zero attached hydrogens (tertiary/aromatic N) is 1. The molecule has 1 aromatic rings. The number of hydrogen-bond donors (Lipinski definition) is 4. The van der Waals surface area contributed by atoms with Gasteiger partial charge in [0.25, 0.3) is 0 Å². The zero-order valence-corrected chi connectivity index (χ0v) is 11.1. The highest BCUT2D eigenvalue weighted by Crippen LogP contribution is 2.12. The highest BCUT2D eigenvalue weighted by molar-refractivity contribution is 7.32. The summed E-state index contributed by atoms with van der Waals surface area (Å²) in [5.41, 5.74) is 6.28.